The van der Waals surface area contributed by atoms with E-state index in [-0.39, 0.29) is 30.9 Å². The molecule has 10 heteroatoms. The minimum absolute atomic E-state index is 0.0960. The highest BCUT2D eigenvalue weighted by Gasteiger charge is 2.49. The van der Waals surface area contributed by atoms with Gasteiger partial charge in [0.05, 0.1) is 12.5 Å². The Morgan fingerprint density at radius 2 is 1.87 bits per heavy atom. The molecule has 0 radical (unpaired) electrons. The molecule has 0 spiro atoms. The van der Waals surface area contributed by atoms with Crippen LogP contribution < -0.4 is 20.1 Å². The van der Waals surface area contributed by atoms with Gasteiger partial charge in [-0.15, -0.1) is 0 Å². The van der Waals surface area contributed by atoms with Crippen LogP contribution in [0.15, 0.2) is 42.5 Å². The summed E-state index contributed by atoms with van der Waals surface area (Å²) in [4.78, 5) is 47.8. The fourth-order valence-electron chi connectivity index (χ4n) is 6.46. The number of benzene rings is 2. The summed E-state index contributed by atoms with van der Waals surface area (Å²) in [5.74, 6) is 0.506. The molecule has 1 aromatic heterocycles. The lowest BCUT2D eigenvalue weighted by atomic mass is 9.85. The third-order valence-corrected chi connectivity index (χ3v) is 8.35. The van der Waals surface area contributed by atoms with Crippen molar-refractivity contribution < 1.29 is 23.9 Å². The minimum Gasteiger partial charge on any atom is -0.454 e. The highest BCUT2D eigenvalue weighted by Crippen LogP contribution is 2.44. The molecule has 7 rings (SSSR count). The maximum atomic E-state index is 14.0. The van der Waals surface area contributed by atoms with Crippen LogP contribution in [0.2, 0.25) is 0 Å². The van der Waals surface area contributed by atoms with Gasteiger partial charge in [-0.2, -0.15) is 0 Å². The van der Waals surface area contributed by atoms with E-state index in [1.165, 1.54) is 12.8 Å². The Bertz CT molecular complexity index is 1460. The first-order chi connectivity index (χ1) is 19.1. The summed E-state index contributed by atoms with van der Waals surface area (Å²) >= 11 is 0. The molecule has 5 heterocycles. The maximum absolute atomic E-state index is 14.0. The normalized spacial score (nSPS) is 24.0. The van der Waals surface area contributed by atoms with E-state index < -0.39 is 18.1 Å². The van der Waals surface area contributed by atoms with E-state index in [9.17, 15) is 14.4 Å². The Morgan fingerprint density at radius 3 is 2.74 bits per heavy atom. The van der Waals surface area contributed by atoms with Gasteiger partial charge in [-0.1, -0.05) is 24.3 Å². The highest BCUT2D eigenvalue weighted by molar-refractivity contribution is 6.01. The summed E-state index contributed by atoms with van der Waals surface area (Å²) in [5.41, 5.74) is 3.67. The van der Waals surface area contributed by atoms with Crippen molar-refractivity contribution in [3.63, 3.8) is 0 Å². The number of H-pyrrole nitrogens is 1. The van der Waals surface area contributed by atoms with Crippen molar-refractivity contribution in [3.05, 3.63) is 59.3 Å². The number of amides is 3. The lowest BCUT2D eigenvalue weighted by molar-refractivity contribution is -0.153. The van der Waals surface area contributed by atoms with Crippen LogP contribution in [0.1, 0.15) is 42.1 Å². The van der Waals surface area contributed by atoms with Crippen molar-refractivity contribution in [2.45, 2.75) is 43.8 Å². The molecular weight excluding hydrogens is 498 g/mol. The van der Waals surface area contributed by atoms with Gasteiger partial charge in [0.2, 0.25) is 24.5 Å². The van der Waals surface area contributed by atoms with Crippen LogP contribution in [0.5, 0.6) is 11.5 Å². The molecule has 0 bridgehead atoms. The molecule has 0 aliphatic carbocycles. The van der Waals surface area contributed by atoms with Crippen LogP contribution in [0.25, 0.3) is 10.9 Å². The molecule has 3 N–H and O–H groups in total. The number of carbonyl (C=O) groups excluding carboxylic acids is 3. The molecule has 202 valence electrons. The number of rotatable bonds is 6. The number of hydrogen-bond acceptors (Lipinski definition) is 6. The summed E-state index contributed by atoms with van der Waals surface area (Å²) in [6.07, 6.45) is 2.68. The van der Waals surface area contributed by atoms with Gasteiger partial charge in [-0.25, -0.2) is 0 Å². The van der Waals surface area contributed by atoms with Crippen LogP contribution in [-0.4, -0.2) is 77.6 Å². The number of para-hydroxylation sites is 1. The zero-order valence-electron chi connectivity index (χ0n) is 21.6. The molecule has 39 heavy (non-hydrogen) atoms. The number of ether oxygens (including phenoxy) is 2. The number of carbonyl (C=O) groups is 3. The summed E-state index contributed by atoms with van der Waals surface area (Å²) in [6, 6.07) is 11.4. The van der Waals surface area contributed by atoms with Crippen molar-refractivity contribution in [2.24, 2.45) is 0 Å². The van der Waals surface area contributed by atoms with E-state index in [4.69, 9.17) is 9.47 Å². The lowest BCUT2D eigenvalue weighted by Gasteiger charge is -2.46. The Hall–Kier alpha value is -4.05. The van der Waals surface area contributed by atoms with Crippen molar-refractivity contribution >= 4 is 28.6 Å². The van der Waals surface area contributed by atoms with E-state index in [1.54, 1.807) is 4.90 Å². The fourth-order valence-corrected chi connectivity index (χ4v) is 6.46. The lowest BCUT2D eigenvalue weighted by Crippen LogP contribution is -2.66. The van der Waals surface area contributed by atoms with Gasteiger partial charge in [-0.05, 0) is 55.3 Å². The monoisotopic (exact) mass is 529 g/mol. The molecule has 3 atom stereocenters. The third-order valence-electron chi connectivity index (χ3n) is 8.35. The Labute approximate surface area is 225 Å². The number of nitrogens with zero attached hydrogens (tertiary/aromatic N) is 2. The predicted octanol–water partition coefficient (Wildman–Crippen LogP) is 1.84. The van der Waals surface area contributed by atoms with Crippen LogP contribution in [0.3, 0.4) is 0 Å². The van der Waals surface area contributed by atoms with E-state index in [1.807, 2.05) is 42.5 Å². The summed E-state index contributed by atoms with van der Waals surface area (Å²) < 4.78 is 11.1. The molecule has 2 fully saturated rings. The summed E-state index contributed by atoms with van der Waals surface area (Å²) in [5, 5.41) is 6.83. The molecule has 1 unspecified atom stereocenters. The second kappa shape index (κ2) is 9.60. The third kappa shape index (κ3) is 4.19. The molecule has 3 aromatic rings. The average Bonchev–Trinajstić information content (AvgIpc) is 3.70. The van der Waals surface area contributed by atoms with Crippen LogP contribution in [0, 0.1) is 0 Å². The van der Waals surface area contributed by atoms with Gasteiger partial charge in [0.1, 0.15) is 12.1 Å². The van der Waals surface area contributed by atoms with Crippen LogP contribution in [0.4, 0.5) is 0 Å². The molecule has 10 nitrogen and oxygen atoms in total. The van der Waals surface area contributed by atoms with Crippen molar-refractivity contribution in [3.8, 4) is 11.5 Å². The standard InChI is InChI=1S/C29H31N5O5/c35-25(30-9-12-33-10-3-4-11-33)15-21-29(37)34-22(28(36)32-21)14-19-18-5-1-2-6-20(18)31-26(19)27(34)17-7-8-23-24(13-17)39-16-38-23/h1-2,5-8,13,21-22,27,31H,3-4,9-12,14-16H2,(H,30,35)(H,32,36)/t21?,22-,27-/m1/s1. The van der Waals surface area contributed by atoms with Crippen LogP contribution >= 0.6 is 0 Å². The summed E-state index contributed by atoms with van der Waals surface area (Å²) in [6.45, 7) is 3.57. The highest BCUT2D eigenvalue weighted by atomic mass is 16.7. The van der Waals surface area contributed by atoms with E-state index >= 15 is 0 Å². The number of fused-ring (bicyclic) bond motifs is 5. The SMILES string of the molecule is O=C(CC1NC(=O)[C@H]2Cc3c([nH]c4ccccc34)[C@@H](c3ccc4c(c3)OCO4)N2C1=O)NCCN1CCCC1. The first kappa shape index (κ1) is 24.0. The molecule has 4 aliphatic rings. The maximum Gasteiger partial charge on any atom is 0.247 e. The average molecular weight is 530 g/mol. The van der Waals surface area contributed by atoms with Crippen molar-refractivity contribution in [2.75, 3.05) is 33.0 Å². The van der Waals surface area contributed by atoms with E-state index in [0.717, 1.165) is 47.4 Å². The molecular formula is C29H31N5O5. The Kier molecular flexibility index (Phi) is 5.92. The largest absolute Gasteiger partial charge is 0.454 e. The van der Waals surface area contributed by atoms with Crippen LogP contribution in [-0.2, 0) is 20.8 Å². The Morgan fingerprint density at radius 1 is 1.05 bits per heavy atom. The first-order valence-electron chi connectivity index (χ1n) is 13.7. The van der Waals surface area contributed by atoms with Gasteiger partial charge in [0, 0.05) is 36.1 Å². The molecule has 3 amide bonds. The number of piperazine rings is 1. The number of hydrogen-bond donors (Lipinski definition) is 3. The molecule has 2 aromatic carbocycles. The number of likely N-dealkylation sites (tertiary alicyclic amines) is 1. The van der Waals surface area contributed by atoms with Gasteiger partial charge in [0.25, 0.3) is 0 Å². The first-order valence-corrected chi connectivity index (χ1v) is 13.7. The topological polar surface area (TPSA) is 116 Å². The van der Waals surface area contributed by atoms with Crippen molar-refractivity contribution in [1.82, 2.24) is 25.4 Å². The van der Waals surface area contributed by atoms with Gasteiger partial charge in [0.15, 0.2) is 11.5 Å². The molecule has 2 saturated heterocycles. The smallest absolute Gasteiger partial charge is 0.247 e. The van der Waals surface area contributed by atoms with E-state index in [0.29, 0.717) is 24.5 Å². The fraction of sp³-hybridized carbons (Fsp3) is 0.414. The van der Waals surface area contributed by atoms with E-state index in [2.05, 4.69) is 20.5 Å². The number of nitrogens with one attached hydrogen (secondary N) is 3. The predicted molar refractivity (Wildman–Crippen MR) is 142 cm³/mol. The Balaban J connectivity index is 1.20. The zero-order valence-corrected chi connectivity index (χ0v) is 21.6. The second-order valence-electron chi connectivity index (χ2n) is 10.7. The minimum atomic E-state index is -0.928. The molecule has 0 saturated carbocycles. The number of aromatic amines is 1. The quantitative estimate of drug-likeness (QED) is 0.449. The second-order valence-corrected chi connectivity index (χ2v) is 10.7. The molecule has 4 aliphatic heterocycles. The van der Waals surface area contributed by atoms with Gasteiger partial charge < -0.3 is 34.9 Å². The number of aromatic nitrogens is 1. The summed E-state index contributed by atoms with van der Waals surface area (Å²) in [7, 11) is 0. The van der Waals surface area contributed by atoms with Crippen molar-refractivity contribution in [1.29, 1.82) is 0 Å². The van der Waals surface area contributed by atoms with Gasteiger partial charge >= 0.3 is 0 Å². The zero-order chi connectivity index (χ0) is 26.5. The van der Waals surface area contributed by atoms with Gasteiger partial charge in [-0.3, -0.25) is 14.4 Å².